The number of nitrogens with two attached hydrogens (primary N) is 1. The van der Waals surface area contributed by atoms with Gasteiger partial charge in [0, 0.05) is 18.3 Å². The van der Waals surface area contributed by atoms with Gasteiger partial charge in [0.1, 0.15) is 5.75 Å². The van der Waals surface area contributed by atoms with E-state index in [-0.39, 0.29) is 17.3 Å². The molecule has 0 saturated heterocycles. The fourth-order valence-electron chi connectivity index (χ4n) is 3.21. The molecule has 0 aromatic heterocycles. The van der Waals surface area contributed by atoms with E-state index < -0.39 is 10.0 Å². The Bertz CT molecular complexity index is 999. The second-order valence-corrected chi connectivity index (χ2v) is 9.05. The molecule has 0 aliphatic heterocycles. The van der Waals surface area contributed by atoms with Gasteiger partial charge in [0.05, 0.1) is 18.6 Å². The zero-order chi connectivity index (χ0) is 21.2. The molecule has 1 saturated carbocycles. The molecule has 3 rings (SSSR count). The van der Waals surface area contributed by atoms with Crippen molar-refractivity contribution in [3.63, 3.8) is 0 Å². The quantitative estimate of drug-likeness (QED) is 0.687. The van der Waals surface area contributed by atoms with Gasteiger partial charge in [-0.2, -0.15) is 0 Å². The molecule has 1 aliphatic rings. The van der Waals surface area contributed by atoms with Crippen molar-refractivity contribution in [2.24, 2.45) is 5.14 Å². The first-order valence-electron chi connectivity index (χ1n) is 9.48. The Hall–Kier alpha value is -2.42. The molecule has 1 aliphatic carbocycles. The van der Waals surface area contributed by atoms with Crippen molar-refractivity contribution < 1.29 is 17.9 Å². The summed E-state index contributed by atoms with van der Waals surface area (Å²) < 4.78 is 28.6. The van der Waals surface area contributed by atoms with Crippen molar-refractivity contribution >= 4 is 21.6 Å². The van der Waals surface area contributed by atoms with Gasteiger partial charge in [0.25, 0.3) is 0 Å². The highest BCUT2D eigenvalue weighted by molar-refractivity contribution is 7.89. The molecule has 1 fully saturated rings. The number of benzene rings is 2. The number of hydrogen-bond donors (Lipinski definition) is 2. The highest BCUT2D eigenvalue weighted by atomic mass is 32.2. The highest BCUT2D eigenvalue weighted by Gasteiger charge is 2.30. The minimum Gasteiger partial charge on any atom is -0.497 e. The zero-order valence-corrected chi connectivity index (χ0v) is 17.8. The van der Waals surface area contributed by atoms with Crippen LogP contribution in [0.4, 0.5) is 5.69 Å². The normalized spacial score (nSPS) is 14.1. The van der Waals surface area contributed by atoms with E-state index in [9.17, 15) is 13.2 Å². The predicted octanol–water partition coefficient (Wildman–Crippen LogP) is 2.56. The monoisotopic (exact) mass is 417 g/mol. The number of methoxy groups -OCH3 is 1. The van der Waals surface area contributed by atoms with Gasteiger partial charge >= 0.3 is 0 Å². The number of amides is 1. The van der Waals surface area contributed by atoms with Gasteiger partial charge in [0.2, 0.25) is 15.9 Å². The standard InChI is InChI=1S/C21H27N3O4S/c1-14-10-19(29(22,26)27)11-20(15(14)2)23-21(25)13-24(17-6-7-17)12-16-4-8-18(28-3)9-5-16/h4-5,8-11,17H,6-7,12-13H2,1-3H3,(H,23,25)(H2,22,26,27). The number of anilines is 1. The van der Waals surface area contributed by atoms with E-state index in [1.165, 1.54) is 12.1 Å². The lowest BCUT2D eigenvalue weighted by molar-refractivity contribution is -0.117. The second-order valence-electron chi connectivity index (χ2n) is 7.49. The van der Waals surface area contributed by atoms with Crippen LogP contribution in [0.3, 0.4) is 0 Å². The Labute approximate surface area is 171 Å². The number of primary sulfonamides is 1. The SMILES string of the molecule is COc1ccc(CN(CC(=O)Nc2cc(S(N)(=O)=O)cc(C)c2C)C2CC2)cc1. The fourth-order valence-corrected chi connectivity index (χ4v) is 3.84. The first-order valence-corrected chi connectivity index (χ1v) is 11.0. The number of sulfonamides is 1. The van der Waals surface area contributed by atoms with Gasteiger partial charge < -0.3 is 10.1 Å². The number of aryl methyl sites for hydroxylation is 1. The molecule has 0 bridgehead atoms. The van der Waals surface area contributed by atoms with Crippen LogP contribution in [0.1, 0.15) is 29.5 Å². The minimum atomic E-state index is -3.85. The van der Waals surface area contributed by atoms with Crippen molar-refractivity contribution in [2.45, 2.75) is 44.2 Å². The zero-order valence-electron chi connectivity index (χ0n) is 16.9. The van der Waals surface area contributed by atoms with E-state index in [1.807, 2.05) is 31.2 Å². The Kier molecular flexibility index (Phi) is 6.26. The summed E-state index contributed by atoms with van der Waals surface area (Å²) in [6.45, 7) is 4.53. The third kappa shape index (κ3) is 5.56. The summed E-state index contributed by atoms with van der Waals surface area (Å²) >= 11 is 0. The van der Waals surface area contributed by atoms with E-state index in [4.69, 9.17) is 9.88 Å². The molecule has 156 valence electrons. The average Bonchev–Trinajstić information content (AvgIpc) is 3.49. The third-order valence-electron chi connectivity index (χ3n) is 5.20. The van der Waals surface area contributed by atoms with Crippen LogP contribution in [0.2, 0.25) is 0 Å². The maximum absolute atomic E-state index is 12.7. The molecule has 1 amide bonds. The summed E-state index contributed by atoms with van der Waals surface area (Å²) in [4.78, 5) is 14.9. The Morgan fingerprint density at radius 3 is 2.41 bits per heavy atom. The largest absolute Gasteiger partial charge is 0.497 e. The molecule has 0 heterocycles. The molecule has 0 radical (unpaired) electrons. The Morgan fingerprint density at radius 2 is 1.86 bits per heavy atom. The lowest BCUT2D eigenvalue weighted by Gasteiger charge is -2.22. The Morgan fingerprint density at radius 1 is 1.21 bits per heavy atom. The molecule has 8 heteroatoms. The van der Waals surface area contributed by atoms with Crippen LogP contribution in [-0.2, 0) is 21.4 Å². The smallest absolute Gasteiger partial charge is 0.238 e. The number of rotatable bonds is 8. The van der Waals surface area contributed by atoms with Crippen LogP contribution in [0.5, 0.6) is 5.75 Å². The summed E-state index contributed by atoms with van der Waals surface area (Å²) in [5, 5.41) is 8.11. The first kappa shape index (κ1) is 21.3. The van der Waals surface area contributed by atoms with E-state index in [0.29, 0.717) is 18.3 Å². The van der Waals surface area contributed by atoms with E-state index >= 15 is 0 Å². The van der Waals surface area contributed by atoms with E-state index in [2.05, 4.69) is 10.2 Å². The van der Waals surface area contributed by atoms with Crippen LogP contribution >= 0.6 is 0 Å². The molecular formula is C21H27N3O4S. The number of hydrogen-bond acceptors (Lipinski definition) is 5. The van der Waals surface area contributed by atoms with Gasteiger partial charge in [0.15, 0.2) is 0 Å². The summed E-state index contributed by atoms with van der Waals surface area (Å²) in [5.74, 6) is 0.615. The lowest BCUT2D eigenvalue weighted by atomic mass is 10.1. The molecule has 0 spiro atoms. The molecule has 7 nitrogen and oxygen atoms in total. The molecular weight excluding hydrogens is 390 g/mol. The van der Waals surface area contributed by atoms with Crippen LogP contribution in [-0.4, -0.2) is 38.9 Å². The average molecular weight is 418 g/mol. The summed E-state index contributed by atoms with van der Waals surface area (Å²) in [6, 6.07) is 11.1. The van der Waals surface area contributed by atoms with Gasteiger partial charge in [-0.1, -0.05) is 12.1 Å². The van der Waals surface area contributed by atoms with Gasteiger partial charge in [-0.25, -0.2) is 13.6 Å². The molecule has 0 atom stereocenters. The molecule has 3 N–H and O–H groups in total. The van der Waals surface area contributed by atoms with Gasteiger partial charge in [-0.3, -0.25) is 9.69 Å². The number of nitrogens with one attached hydrogen (secondary N) is 1. The lowest BCUT2D eigenvalue weighted by Crippen LogP contribution is -2.34. The second kappa shape index (κ2) is 8.52. The number of nitrogens with zero attached hydrogens (tertiary/aromatic N) is 1. The van der Waals surface area contributed by atoms with Crippen molar-refractivity contribution in [2.75, 3.05) is 19.0 Å². The number of carbonyl (C=O) groups is 1. The number of carbonyl (C=O) groups excluding carboxylic acids is 1. The fraction of sp³-hybridized carbons (Fsp3) is 0.381. The molecule has 2 aromatic carbocycles. The van der Waals surface area contributed by atoms with Crippen LogP contribution < -0.4 is 15.2 Å². The maximum atomic E-state index is 12.7. The summed E-state index contributed by atoms with van der Waals surface area (Å²) in [6.07, 6.45) is 2.14. The van der Waals surface area contributed by atoms with Crippen molar-refractivity contribution in [1.82, 2.24) is 4.90 Å². The van der Waals surface area contributed by atoms with Gasteiger partial charge in [-0.05, 0) is 67.6 Å². The van der Waals surface area contributed by atoms with Crippen LogP contribution in [0.25, 0.3) is 0 Å². The van der Waals surface area contributed by atoms with Crippen molar-refractivity contribution in [1.29, 1.82) is 0 Å². The number of ether oxygens (including phenoxy) is 1. The van der Waals surface area contributed by atoms with Crippen molar-refractivity contribution in [3.05, 3.63) is 53.1 Å². The first-order chi connectivity index (χ1) is 13.7. The van der Waals surface area contributed by atoms with Crippen molar-refractivity contribution in [3.8, 4) is 5.75 Å². The topological polar surface area (TPSA) is 102 Å². The Balaban J connectivity index is 1.72. The third-order valence-corrected chi connectivity index (χ3v) is 6.09. The summed E-state index contributed by atoms with van der Waals surface area (Å²) in [5.41, 5.74) is 3.15. The molecule has 2 aromatic rings. The van der Waals surface area contributed by atoms with E-state index in [0.717, 1.165) is 35.3 Å². The molecule has 0 unspecified atom stereocenters. The van der Waals surface area contributed by atoms with E-state index in [1.54, 1.807) is 14.0 Å². The predicted molar refractivity (Wildman–Crippen MR) is 112 cm³/mol. The molecule has 29 heavy (non-hydrogen) atoms. The van der Waals surface area contributed by atoms with Gasteiger partial charge in [-0.15, -0.1) is 0 Å². The maximum Gasteiger partial charge on any atom is 0.238 e. The summed E-state index contributed by atoms with van der Waals surface area (Å²) in [7, 11) is -2.22. The van der Waals surface area contributed by atoms with Crippen LogP contribution in [0.15, 0.2) is 41.3 Å². The minimum absolute atomic E-state index is 0.00631. The highest BCUT2D eigenvalue weighted by Crippen LogP contribution is 2.29. The van der Waals surface area contributed by atoms with Crippen LogP contribution in [0, 0.1) is 13.8 Å².